The van der Waals surface area contributed by atoms with Crippen molar-refractivity contribution in [3.63, 3.8) is 0 Å². The molecule has 0 aliphatic rings. The van der Waals surface area contributed by atoms with Crippen LogP contribution < -0.4 is 17.2 Å². The molecular weight excluding hydrogens is 344 g/mol. The second-order valence-electron chi connectivity index (χ2n) is 5.63. The minimum atomic E-state index is -0.608. The molecule has 0 unspecified atom stereocenters. The Balaban J connectivity index is 0.000000152. The van der Waals surface area contributed by atoms with E-state index in [1.54, 1.807) is 19.1 Å². The van der Waals surface area contributed by atoms with Crippen LogP contribution in [0, 0.1) is 24.0 Å². The van der Waals surface area contributed by atoms with Gasteiger partial charge in [-0.1, -0.05) is 0 Å². The van der Waals surface area contributed by atoms with E-state index >= 15 is 0 Å². The number of H-pyrrole nitrogens is 2. The Morgan fingerprint density at radius 2 is 1.42 bits per heavy atom. The zero-order valence-corrected chi connectivity index (χ0v) is 13.8. The number of aromatic nitrogens is 2. The van der Waals surface area contributed by atoms with Gasteiger partial charge in [-0.15, -0.1) is 0 Å². The number of hydrogen-bond donors (Lipinski definition) is 3. The van der Waals surface area contributed by atoms with Gasteiger partial charge in [-0.25, -0.2) is 9.59 Å². The van der Waals surface area contributed by atoms with E-state index < -0.39 is 16.4 Å². The summed E-state index contributed by atoms with van der Waals surface area (Å²) in [4.78, 5) is 36.6. The lowest BCUT2D eigenvalue weighted by Gasteiger charge is -1.95. The first-order chi connectivity index (χ1) is 12.2. The van der Waals surface area contributed by atoms with Gasteiger partial charge in [0, 0.05) is 17.8 Å². The summed E-state index contributed by atoms with van der Waals surface area (Å²) in [5.74, 6) is -1.05. The fourth-order valence-electron chi connectivity index (χ4n) is 2.56. The molecule has 10 heteroatoms. The van der Waals surface area contributed by atoms with Crippen molar-refractivity contribution >= 4 is 33.6 Å². The van der Waals surface area contributed by atoms with Crippen LogP contribution in [-0.4, -0.2) is 14.9 Å². The smallest absolute Gasteiger partial charge is 0.408 e. The molecule has 0 fully saturated rings. The first-order valence-electron chi connectivity index (χ1n) is 7.41. The van der Waals surface area contributed by atoms with Crippen LogP contribution in [0.1, 0.15) is 11.1 Å². The molecule has 0 saturated carbocycles. The van der Waals surface area contributed by atoms with Gasteiger partial charge < -0.3 is 14.6 Å². The van der Waals surface area contributed by atoms with Crippen molar-refractivity contribution in [2.45, 2.75) is 13.8 Å². The summed E-state index contributed by atoms with van der Waals surface area (Å²) in [5, 5.41) is 10.5. The van der Waals surface area contributed by atoms with Crippen LogP contribution in [0.2, 0.25) is 0 Å². The van der Waals surface area contributed by atoms with Crippen molar-refractivity contribution in [1.82, 2.24) is 9.97 Å². The maximum atomic E-state index is 10.8. The molecular formula is C16H14N4O6. The van der Waals surface area contributed by atoms with E-state index in [0.717, 1.165) is 5.56 Å². The number of fused-ring (bicyclic) bond motifs is 2. The average molecular weight is 358 g/mol. The molecule has 26 heavy (non-hydrogen) atoms. The third-order valence-electron chi connectivity index (χ3n) is 3.68. The number of oxazole rings is 2. The molecule has 2 aromatic carbocycles. The van der Waals surface area contributed by atoms with E-state index in [1.165, 1.54) is 12.1 Å². The third-order valence-corrected chi connectivity index (χ3v) is 3.68. The van der Waals surface area contributed by atoms with E-state index in [1.807, 2.05) is 6.92 Å². The molecule has 0 radical (unpaired) electrons. The highest BCUT2D eigenvalue weighted by atomic mass is 16.6. The summed E-state index contributed by atoms with van der Waals surface area (Å²) in [5.41, 5.74) is 9.54. The predicted octanol–water partition coefficient (Wildman–Crippen LogP) is 2.35. The molecule has 0 amide bonds. The van der Waals surface area contributed by atoms with E-state index in [4.69, 9.17) is 14.6 Å². The van der Waals surface area contributed by atoms with Gasteiger partial charge in [0.2, 0.25) is 0 Å². The topological polar surface area (TPSA) is 161 Å². The van der Waals surface area contributed by atoms with Crippen LogP contribution in [0.15, 0.2) is 42.7 Å². The van der Waals surface area contributed by atoms with Gasteiger partial charge in [0.1, 0.15) is 0 Å². The second-order valence-corrected chi connectivity index (χ2v) is 5.63. The van der Waals surface area contributed by atoms with Crippen molar-refractivity contribution in [3.8, 4) is 0 Å². The predicted molar refractivity (Wildman–Crippen MR) is 94.2 cm³/mol. The monoisotopic (exact) mass is 358 g/mol. The number of nitrogens with two attached hydrogens (primary N) is 1. The first kappa shape index (κ1) is 17.0. The zero-order valence-electron chi connectivity index (χ0n) is 13.8. The van der Waals surface area contributed by atoms with Gasteiger partial charge in [0.25, 0.3) is 5.69 Å². The number of anilines is 1. The summed E-state index contributed by atoms with van der Waals surface area (Å²) in [6.45, 7) is 3.53. The maximum absolute atomic E-state index is 10.8. The highest BCUT2D eigenvalue weighted by Gasteiger charge is 2.12. The number of nitro groups is 1. The Labute approximate surface area is 144 Å². The second kappa shape index (κ2) is 6.24. The molecule has 0 bridgehead atoms. The number of nitrogen functional groups attached to an aromatic ring is 1. The minimum Gasteiger partial charge on any atom is -0.408 e. The van der Waals surface area contributed by atoms with Crippen LogP contribution in [0.5, 0.6) is 0 Å². The van der Waals surface area contributed by atoms with E-state index in [9.17, 15) is 19.7 Å². The molecule has 4 rings (SSSR count). The Kier molecular flexibility index (Phi) is 4.08. The quantitative estimate of drug-likeness (QED) is 0.267. The first-order valence-corrected chi connectivity index (χ1v) is 7.41. The van der Waals surface area contributed by atoms with E-state index in [-0.39, 0.29) is 11.3 Å². The molecule has 0 spiro atoms. The molecule has 2 heterocycles. The van der Waals surface area contributed by atoms with Crippen molar-refractivity contribution < 1.29 is 13.8 Å². The van der Waals surface area contributed by atoms with Gasteiger partial charge in [-0.3, -0.25) is 20.1 Å². The number of hydrogen-bond acceptors (Lipinski definition) is 7. The van der Waals surface area contributed by atoms with Crippen LogP contribution >= 0.6 is 0 Å². The lowest BCUT2D eigenvalue weighted by Crippen LogP contribution is -1.93. The van der Waals surface area contributed by atoms with Crippen LogP contribution in [0.25, 0.3) is 22.2 Å². The third kappa shape index (κ3) is 3.20. The van der Waals surface area contributed by atoms with E-state index in [0.29, 0.717) is 27.9 Å². The molecule has 2 aromatic heterocycles. The SMILES string of the molecule is Cc1cc(N)cc2oc(=O)[nH]c12.Cc1cc([N+](=O)[O-])cc2oc(=O)[nH]c12. The molecule has 0 atom stereocenters. The number of nitrogens with one attached hydrogen (secondary N) is 2. The lowest BCUT2D eigenvalue weighted by molar-refractivity contribution is -0.384. The molecule has 0 aliphatic carbocycles. The van der Waals surface area contributed by atoms with E-state index in [2.05, 4.69) is 9.97 Å². The Hall–Kier alpha value is -3.82. The van der Waals surface area contributed by atoms with Crippen LogP contribution in [-0.2, 0) is 0 Å². The van der Waals surface area contributed by atoms with Crippen molar-refractivity contribution in [2.75, 3.05) is 5.73 Å². The minimum absolute atomic E-state index is 0.0854. The van der Waals surface area contributed by atoms with Crippen LogP contribution in [0.3, 0.4) is 0 Å². The summed E-state index contributed by atoms with van der Waals surface area (Å²) < 4.78 is 9.56. The summed E-state index contributed by atoms with van der Waals surface area (Å²) in [7, 11) is 0. The van der Waals surface area contributed by atoms with Crippen LogP contribution in [0.4, 0.5) is 11.4 Å². The van der Waals surface area contributed by atoms with Gasteiger partial charge in [0.15, 0.2) is 11.2 Å². The highest BCUT2D eigenvalue weighted by Crippen LogP contribution is 2.22. The van der Waals surface area contributed by atoms with Gasteiger partial charge in [-0.2, -0.15) is 0 Å². The number of benzene rings is 2. The normalized spacial score (nSPS) is 10.7. The standard InChI is InChI=1S/C8H6N2O4.C8H8N2O2/c1-4-2-5(10(12)13)3-6-7(4)9-8(11)14-6;1-4-2-5(9)3-6-7(4)10-8(11)12-6/h2-3H,1H3,(H,9,11);2-3H,9H2,1H3,(H,10,11). The Morgan fingerprint density at radius 1 is 0.923 bits per heavy atom. The number of aromatic amines is 2. The summed E-state index contributed by atoms with van der Waals surface area (Å²) >= 11 is 0. The fourth-order valence-corrected chi connectivity index (χ4v) is 2.56. The average Bonchev–Trinajstić information content (AvgIpc) is 3.09. The molecule has 10 nitrogen and oxygen atoms in total. The van der Waals surface area contributed by atoms with Crippen molar-refractivity contribution in [2.24, 2.45) is 0 Å². The Morgan fingerprint density at radius 3 is 1.96 bits per heavy atom. The largest absolute Gasteiger partial charge is 0.417 e. The molecule has 4 aromatic rings. The number of rotatable bonds is 1. The lowest BCUT2D eigenvalue weighted by atomic mass is 10.2. The number of nitrogens with zero attached hydrogens (tertiary/aromatic N) is 1. The summed E-state index contributed by atoms with van der Waals surface area (Å²) in [6.07, 6.45) is 0. The number of nitro benzene ring substituents is 1. The fraction of sp³-hybridized carbons (Fsp3) is 0.125. The zero-order chi connectivity index (χ0) is 19.0. The Bertz CT molecular complexity index is 1240. The van der Waals surface area contributed by atoms with Gasteiger partial charge in [-0.05, 0) is 31.0 Å². The van der Waals surface area contributed by atoms with Crippen molar-refractivity contribution in [3.05, 3.63) is 66.6 Å². The van der Waals surface area contributed by atoms with Crippen molar-refractivity contribution in [1.29, 1.82) is 0 Å². The number of aryl methyl sites for hydroxylation is 2. The number of non-ortho nitro benzene ring substituents is 1. The highest BCUT2D eigenvalue weighted by molar-refractivity contribution is 5.80. The molecule has 0 aliphatic heterocycles. The molecule has 0 saturated heterocycles. The molecule has 4 N–H and O–H groups in total. The molecule has 134 valence electrons. The summed E-state index contributed by atoms with van der Waals surface area (Å²) in [6, 6.07) is 6.02. The maximum Gasteiger partial charge on any atom is 0.417 e. The van der Waals surface area contributed by atoms with Gasteiger partial charge in [0.05, 0.1) is 22.0 Å². The van der Waals surface area contributed by atoms with Gasteiger partial charge >= 0.3 is 11.5 Å².